The number of aliphatic imine (C=N–C) groups is 1. The monoisotopic (exact) mass is 357 g/mol. The van der Waals surface area contributed by atoms with Gasteiger partial charge in [0.15, 0.2) is 5.96 Å². The molecule has 0 bridgehead atoms. The van der Waals surface area contributed by atoms with Crippen LogP contribution in [-0.4, -0.2) is 40.3 Å². The quantitative estimate of drug-likeness (QED) is 0.476. The number of hydrogen-bond acceptors (Lipinski definition) is 3. The maximum Gasteiger partial charge on any atom is 0.191 e. The predicted molar refractivity (Wildman–Crippen MR) is 106 cm³/mol. The Morgan fingerprint density at radius 1 is 1.23 bits per heavy atom. The van der Waals surface area contributed by atoms with Crippen molar-refractivity contribution in [1.82, 2.24) is 20.2 Å². The van der Waals surface area contributed by atoms with Crippen LogP contribution < -0.4 is 10.6 Å². The van der Waals surface area contributed by atoms with E-state index in [-0.39, 0.29) is 12.5 Å². The van der Waals surface area contributed by atoms with E-state index in [4.69, 9.17) is 0 Å². The molecule has 0 radical (unpaired) electrons. The summed E-state index contributed by atoms with van der Waals surface area (Å²) in [5.41, 5.74) is 1.12. The van der Waals surface area contributed by atoms with Gasteiger partial charge in [0.05, 0.1) is 6.61 Å². The Morgan fingerprint density at radius 3 is 2.65 bits per heavy atom. The van der Waals surface area contributed by atoms with Crippen LogP contribution in [0.3, 0.4) is 0 Å². The highest BCUT2D eigenvalue weighted by molar-refractivity contribution is 5.79. The van der Waals surface area contributed by atoms with Gasteiger partial charge in [0.25, 0.3) is 0 Å². The van der Waals surface area contributed by atoms with Crippen LogP contribution in [0.15, 0.2) is 47.7 Å². The molecule has 0 aliphatic rings. The van der Waals surface area contributed by atoms with Crippen molar-refractivity contribution in [2.45, 2.75) is 39.8 Å². The third-order valence-corrected chi connectivity index (χ3v) is 4.09. The Balaban J connectivity index is 1.99. The molecule has 6 nitrogen and oxygen atoms in total. The van der Waals surface area contributed by atoms with Gasteiger partial charge in [-0.05, 0) is 18.4 Å². The zero-order chi connectivity index (χ0) is 18.8. The second-order valence-corrected chi connectivity index (χ2v) is 6.76. The fraction of sp³-hybridized carbons (Fsp3) is 0.500. The summed E-state index contributed by atoms with van der Waals surface area (Å²) in [5, 5.41) is 16.3. The molecule has 6 heteroatoms. The van der Waals surface area contributed by atoms with Gasteiger partial charge in [0.2, 0.25) is 0 Å². The van der Waals surface area contributed by atoms with E-state index in [0.29, 0.717) is 19.0 Å². The molecule has 2 rings (SSSR count). The lowest BCUT2D eigenvalue weighted by Gasteiger charge is -2.18. The van der Waals surface area contributed by atoms with Crippen LogP contribution >= 0.6 is 0 Å². The normalized spacial score (nSPS) is 13.0. The minimum absolute atomic E-state index is 0.0305. The first-order valence-corrected chi connectivity index (χ1v) is 9.32. The molecule has 0 saturated heterocycles. The average molecular weight is 358 g/mol. The van der Waals surface area contributed by atoms with E-state index < -0.39 is 0 Å². The number of rotatable bonds is 9. The smallest absolute Gasteiger partial charge is 0.191 e. The summed E-state index contributed by atoms with van der Waals surface area (Å²) < 4.78 is 2.15. The zero-order valence-electron chi connectivity index (χ0n) is 16.0. The summed E-state index contributed by atoms with van der Waals surface area (Å²) in [6.07, 6.45) is 3.83. The van der Waals surface area contributed by atoms with Gasteiger partial charge in [-0.2, -0.15) is 0 Å². The second kappa shape index (κ2) is 10.6. The van der Waals surface area contributed by atoms with Crippen LogP contribution in [0, 0.1) is 5.92 Å². The number of nitrogens with one attached hydrogen (secondary N) is 2. The predicted octanol–water partition coefficient (Wildman–Crippen LogP) is 2.37. The minimum Gasteiger partial charge on any atom is -0.396 e. The number of aliphatic hydroxyl groups excluding tert-OH is 1. The molecule has 0 saturated carbocycles. The number of aliphatic hydroxyl groups is 1. The number of hydrogen-bond donors (Lipinski definition) is 3. The molecule has 26 heavy (non-hydrogen) atoms. The van der Waals surface area contributed by atoms with E-state index >= 15 is 0 Å². The zero-order valence-corrected chi connectivity index (χ0v) is 16.0. The Labute approximate surface area is 156 Å². The van der Waals surface area contributed by atoms with Crippen molar-refractivity contribution in [2.75, 3.05) is 19.7 Å². The van der Waals surface area contributed by atoms with Crippen LogP contribution in [0.25, 0.3) is 0 Å². The van der Waals surface area contributed by atoms with Crippen LogP contribution in [0.1, 0.15) is 38.1 Å². The SMILES string of the molecule is CCNC(=NCc1nccn1CC(C)C)NCC(CO)c1ccccc1. The molecular weight excluding hydrogens is 326 g/mol. The lowest BCUT2D eigenvalue weighted by Crippen LogP contribution is -2.40. The highest BCUT2D eigenvalue weighted by Crippen LogP contribution is 2.13. The molecule has 1 aromatic heterocycles. The van der Waals surface area contributed by atoms with Gasteiger partial charge in [0, 0.05) is 37.9 Å². The van der Waals surface area contributed by atoms with Crippen molar-refractivity contribution < 1.29 is 5.11 Å². The number of nitrogens with zero attached hydrogens (tertiary/aromatic N) is 3. The van der Waals surface area contributed by atoms with Crippen LogP contribution in [0.4, 0.5) is 0 Å². The fourth-order valence-electron chi connectivity index (χ4n) is 2.78. The van der Waals surface area contributed by atoms with Gasteiger partial charge in [-0.15, -0.1) is 0 Å². The van der Waals surface area contributed by atoms with Crippen LogP contribution in [-0.2, 0) is 13.1 Å². The second-order valence-electron chi connectivity index (χ2n) is 6.76. The molecule has 0 spiro atoms. The number of aromatic nitrogens is 2. The molecule has 0 fully saturated rings. The molecule has 0 amide bonds. The van der Waals surface area contributed by atoms with Gasteiger partial charge < -0.3 is 20.3 Å². The third kappa shape index (κ3) is 6.19. The van der Waals surface area contributed by atoms with E-state index in [9.17, 15) is 5.11 Å². The van der Waals surface area contributed by atoms with E-state index in [1.807, 2.05) is 49.6 Å². The number of imidazole rings is 1. The summed E-state index contributed by atoms with van der Waals surface area (Å²) >= 11 is 0. The molecule has 0 aliphatic heterocycles. The van der Waals surface area contributed by atoms with Crippen LogP contribution in [0.5, 0.6) is 0 Å². The Morgan fingerprint density at radius 2 is 2.00 bits per heavy atom. The van der Waals surface area contributed by atoms with E-state index in [1.54, 1.807) is 0 Å². The Bertz CT molecular complexity index is 666. The van der Waals surface area contributed by atoms with E-state index in [1.165, 1.54) is 0 Å². The number of benzene rings is 1. The standard InChI is InChI=1S/C20H31N5O/c1-4-21-20(23-12-18(15-26)17-8-6-5-7-9-17)24-13-19-22-10-11-25(19)14-16(2)3/h5-11,16,18,26H,4,12-15H2,1-3H3,(H2,21,23,24). The van der Waals surface area contributed by atoms with Gasteiger partial charge >= 0.3 is 0 Å². The van der Waals surface area contributed by atoms with Crippen molar-refractivity contribution >= 4 is 5.96 Å². The lowest BCUT2D eigenvalue weighted by atomic mass is 10.0. The molecule has 1 heterocycles. The number of guanidine groups is 1. The first kappa shape index (κ1) is 20.0. The molecule has 1 atom stereocenters. The van der Waals surface area contributed by atoms with Gasteiger partial charge in [-0.1, -0.05) is 44.2 Å². The van der Waals surface area contributed by atoms with Crippen LogP contribution in [0.2, 0.25) is 0 Å². The van der Waals surface area contributed by atoms with E-state index in [2.05, 4.69) is 39.0 Å². The van der Waals surface area contributed by atoms with Gasteiger partial charge in [-0.3, -0.25) is 0 Å². The third-order valence-electron chi connectivity index (χ3n) is 4.09. The topological polar surface area (TPSA) is 74.5 Å². The fourth-order valence-corrected chi connectivity index (χ4v) is 2.78. The summed E-state index contributed by atoms with van der Waals surface area (Å²) in [5.74, 6) is 2.29. The average Bonchev–Trinajstić information content (AvgIpc) is 3.07. The highest BCUT2D eigenvalue weighted by Gasteiger charge is 2.11. The maximum atomic E-state index is 9.71. The van der Waals surface area contributed by atoms with E-state index in [0.717, 1.165) is 30.4 Å². The Kier molecular flexibility index (Phi) is 8.15. The van der Waals surface area contributed by atoms with Crippen molar-refractivity contribution in [3.05, 3.63) is 54.1 Å². The first-order valence-electron chi connectivity index (χ1n) is 9.32. The summed E-state index contributed by atoms with van der Waals surface area (Å²) in [7, 11) is 0. The van der Waals surface area contributed by atoms with Crippen molar-refractivity contribution in [3.63, 3.8) is 0 Å². The van der Waals surface area contributed by atoms with Gasteiger partial charge in [-0.25, -0.2) is 9.98 Å². The summed E-state index contributed by atoms with van der Waals surface area (Å²) in [4.78, 5) is 9.07. The van der Waals surface area contributed by atoms with Crippen molar-refractivity contribution in [2.24, 2.45) is 10.9 Å². The highest BCUT2D eigenvalue weighted by atomic mass is 16.3. The van der Waals surface area contributed by atoms with Crippen molar-refractivity contribution in [1.29, 1.82) is 0 Å². The lowest BCUT2D eigenvalue weighted by molar-refractivity contribution is 0.265. The molecule has 2 aromatic rings. The summed E-state index contributed by atoms with van der Waals surface area (Å²) in [6.45, 7) is 9.37. The molecule has 1 unspecified atom stereocenters. The largest absolute Gasteiger partial charge is 0.396 e. The first-order chi connectivity index (χ1) is 12.6. The van der Waals surface area contributed by atoms with Crippen molar-refractivity contribution in [3.8, 4) is 0 Å². The maximum absolute atomic E-state index is 9.71. The summed E-state index contributed by atoms with van der Waals surface area (Å²) in [6, 6.07) is 10.0. The van der Waals surface area contributed by atoms with Gasteiger partial charge in [0.1, 0.15) is 12.4 Å². The molecule has 3 N–H and O–H groups in total. The Hall–Kier alpha value is -2.34. The molecule has 142 valence electrons. The molecule has 1 aromatic carbocycles. The molecule has 0 aliphatic carbocycles. The molecular formula is C20H31N5O. The minimum atomic E-state index is 0.0305.